The highest BCUT2D eigenvalue weighted by molar-refractivity contribution is 7.99. The number of pyridine rings is 1. The Morgan fingerprint density at radius 1 is 1.00 bits per heavy atom. The van der Waals surface area contributed by atoms with E-state index in [2.05, 4.69) is 65.1 Å². The number of hydrogen-bond donors (Lipinski definition) is 1. The van der Waals surface area contributed by atoms with Gasteiger partial charge < -0.3 is 5.32 Å². The molecule has 2 aromatic rings. The van der Waals surface area contributed by atoms with Gasteiger partial charge in [-0.05, 0) is 58.7 Å². The first-order valence-corrected chi connectivity index (χ1v) is 8.21. The standard InChI is InChI=1S/C18H24N2S/c1-7-19-16-10-14(5)20-18(15(16)6)21-17-12(3)8-11(2)9-13(17)4/h8-10H,7H2,1-6H3,(H,19,20). The molecule has 0 aliphatic carbocycles. The van der Waals surface area contributed by atoms with E-state index in [0.29, 0.717) is 0 Å². The van der Waals surface area contributed by atoms with Crippen LogP contribution in [-0.4, -0.2) is 11.5 Å². The Balaban J connectivity index is 2.45. The minimum absolute atomic E-state index is 0.928. The van der Waals surface area contributed by atoms with Crippen LogP contribution in [0.1, 0.15) is 34.9 Å². The van der Waals surface area contributed by atoms with Crippen molar-refractivity contribution in [3.63, 3.8) is 0 Å². The molecule has 0 spiro atoms. The zero-order valence-corrected chi connectivity index (χ0v) is 14.6. The van der Waals surface area contributed by atoms with Gasteiger partial charge >= 0.3 is 0 Å². The fourth-order valence-corrected chi connectivity index (χ4v) is 3.69. The van der Waals surface area contributed by atoms with Gasteiger partial charge in [0.1, 0.15) is 5.03 Å². The number of anilines is 1. The fourth-order valence-electron chi connectivity index (χ4n) is 2.61. The molecule has 0 aliphatic rings. The zero-order valence-electron chi connectivity index (χ0n) is 13.8. The van der Waals surface area contributed by atoms with E-state index in [0.717, 1.165) is 17.3 Å². The zero-order chi connectivity index (χ0) is 15.6. The summed E-state index contributed by atoms with van der Waals surface area (Å²) >= 11 is 1.78. The van der Waals surface area contributed by atoms with Crippen molar-refractivity contribution in [3.05, 3.63) is 46.1 Å². The molecule has 0 unspecified atom stereocenters. The van der Waals surface area contributed by atoms with E-state index >= 15 is 0 Å². The van der Waals surface area contributed by atoms with Gasteiger partial charge in [-0.15, -0.1) is 0 Å². The Morgan fingerprint density at radius 2 is 1.62 bits per heavy atom. The third-order valence-corrected chi connectivity index (χ3v) is 4.97. The molecule has 0 saturated carbocycles. The van der Waals surface area contributed by atoms with E-state index in [-0.39, 0.29) is 0 Å². The lowest BCUT2D eigenvalue weighted by molar-refractivity contribution is 1.01. The van der Waals surface area contributed by atoms with Gasteiger partial charge in [0.15, 0.2) is 0 Å². The molecular formula is C18H24N2S. The largest absolute Gasteiger partial charge is 0.385 e. The van der Waals surface area contributed by atoms with Crippen molar-refractivity contribution in [2.24, 2.45) is 0 Å². The highest BCUT2D eigenvalue weighted by atomic mass is 32.2. The van der Waals surface area contributed by atoms with E-state index < -0.39 is 0 Å². The van der Waals surface area contributed by atoms with Crippen molar-refractivity contribution in [2.45, 2.75) is 51.5 Å². The molecular weight excluding hydrogens is 276 g/mol. The molecule has 112 valence electrons. The van der Waals surface area contributed by atoms with E-state index in [9.17, 15) is 0 Å². The summed E-state index contributed by atoms with van der Waals surface area (Å²) in [5.74, 6) is 0. The van der Waals surface area contributed by atoms with Crippen LogP contribution in [0.4, 0.5) is 5.69 Å². The van der Waals surface area contributed by atoms with E-state index in [1.807, 2.05) is 0 Å². The second-order valence-electron chi connectivity index (χ2n) is 5.60. The maximum Gasteiger partial charge on any atom is 0.106 e. The van der Waals surface area contributed by atoms with Crippen LogP contribution in [0.15, 0.2) is 28.1 Å². The van der Waals surface area contributed by atoms with Crippen molar-refractivity contribution >= 4 is 17.4 Å². The molecule has 0 radical (unpaired) electrons. The van der Waals surface area contributed by atoms with Crippen molar-refractivity contribution in [1.82, 2.24) is 4.98 Å². The van der Waals surface area contributed by atoms with Gasteiger partial charge in [-0.3, -0.25) is 0 Å². The first kappa shape index (κ1) is 15.9. The summed E-state index contributed by atoms with van der Waals surface area (Å²) in [5, 5.41) is 4.53. The van der Waals surface area contributed by atoms with Crippen LogP contribution in [0.3, 0.4) is 0 Å². The van der Waals surface area contributed by atoms with E-state index in [1.165, 1.54) is 32.8 Å². The smallest absolute Gasteiger partial charge is 0.106 e. The van der Waals surface area contributed by atoms with Gasteiger partial charge in [0.05, 0.1) is 0 Å². The lowest BCUT2D eigenvalue weighted by Crippen LogP contribution is -2.02. The Kier molecular flexibility index (Phi) is 4.94. The van der Waals surface area contributed by atoms with Crippen LogP contribution < -0.4 is 5.32 Å². The predicted molar refractivity (Wildman–Crippen MR) is 92.7 cm³/mol. The fraction of sp³-hybridized carbons (Fsp3) is 0.389. The van der Waals surface area contributed by atoms with Gasteiger partial charge in [-0.25, -0.2) is 4.98 Å². The third-order valence-electron chi connectivity index (χ3n) is 3.53. The number of aromatic nitrogens is 1. The molecule has 1 aromatic heterocycles. The maximum absolute atomic E-state index is 4.74. The molecule has 0 atom stereocenters. The first-order chi connectivity index (χ1) is 9.92. The molecule has 0 amide bonds. The number of benzene rings is 1. The lowest BCUT2D eigenvalue weighted by atomic mass is 10.1. The number of nitrogens with one attached hydrogen (secondary N) is 1. The van der Waals surface area contributed by atoms with Crippen LogP contribution in [0.25, 0.3) is 0 Å². The number of hydrogen-bond acceptors (Lipinski definition) is 3. The summed E-state index contributed by atoms with van der Waals surface area (Å²) in [5.41, 5.74) is 7.44. The monoisotopic (exact) mass is 300 g/mol. The molecule has 1 N–H and O–H groups in total. The summed E-state index contributed by atoms with van der Waals surface area (Å²) in [6, 6.07) is 6.61. The highest BCUT2D eigenvalue weighted by Gasteiger charge is 2.12. The quantitative estimate of drug-likeness (QED) is 0.839. The molecule has 1 aromatic carbocycles. The third kappa shape index (κ3) is 3.59. The van der Waals surface area contributed by atoms with Crippen LogP contribution in [-0.2, 0) is 0 Å². The van der Waals surface area contributed by atoms with Crippen molar-refractivity contribution in [2.75, 3.05) is 11.9 Å². The molecule has 0 aliphatic heterocycles. The SMILES string of the molecule is CCNc1cc(C)nc(Sc2c(C)cc(C)cc2C)c1C. The number of aryl methyl sites for hydroxylation is 4. The average molecular weight is 300 g/mol. The Hall–Kier alpha value is -1.48. The Labute approximate surface area is 132 Å². The van der Waals surface area contributed by atoms with Crippen molar-refractivity contribution in [1.29, 1.82) is 0 Å². The molecule has 21 heavy (non-hydrogen) atoms. The van der Waals surface area contributed by atoms with Crippen LogP contribution in [0.5, 0.6) is 0 Å². The van der Waals surface area contributed by atoms with E-state index in [4.69, 9.17) is 4.98 Å². The minimum atomic E-state index is 0.928. The van der Waals surface area contributed by atoms with Gasteiger partial charge in [-0.2, -0.15) is 0 Å². The topological polar surface area (TPSA) is 24.9 Å². The summed E-state index contributed by atoms with van der Waals surface area (Å²) in [6.45, 7) is 13.8. The summed E-state index contributed by atoms with van der Waals surface area (Å²) < 4.78 is 0. The summed E-state index contributed by atoms with van der Waals surface area (Å²) in [4.78, 5) is 6.06. The summed E-state index contributed by atoms with van der Waals surface area (Å²) in [6.07, 6.45) is 0. The lowest BCUT2D eigenvalue weighted by Gasteiger charge is -2.15. The Morgan fingerprint density at radius 3 is 2.19 bits per heavy atom. The normalized spacial score (nSPS) is 10.8. The van der Waals surface area contributed by atoms with E-state index in [1.54, 1.807) is 11.8 Å². The van der Waals surface area contributed by atoms with Crippen molar-refractivity contribution < 1.29 is 0 Å². The number of nitrogens with zero attached hydrogens (tertiary/aromatic N) is 1. The Bertz CT molecular complexity index is 640. The summed E-state index contributed by atoms with van der Waals surface area (Å²) in [7, 11) is 0. The second kappa shape index (κ2) is 6.52. The van der Waals surface area contributed by atoms with Gasteiger partial charge in [0.2, 0.25) is 0 Å². The molecule has 2 nitrogen and oxygen atoms in total. The number of rotatable bonds is 4. The molecule has 2 rings (SSSR count). The highest BCUT2D eigenvalue weighted by Crippen LogP contribution is 2.36. The van der Waals surface area contributed by atoms with Gasteiger partial charge in [0.25, 0.3) is 0 Å². The van der Waals surface area contributed by atoms with Crippen LogP contribution in [0, 0.1) is 34.6 Å². The molecule has 3 heteroatoms. The predicted octanol–water partition coefficient (Wildman–Crippen LogP) is 5.21. The maximum atomic E-state index is 4.74. The molecule has 0 saturated heterocycles. The van der Waals surface area contributed by atoms with Crippen LogP contribution >= 0.6 is 11.8 Å². The van der Waals surface area contributed by atoms with Crippen LogP contribution in [0.2, 0.25) is 0 Å². The molecule has 0 bridgehead atoms. The molecule has 1 heterocycles. The van der Waals surface area contributed by atoms with Gasteiger partial charge in [-0.1, -0.05) is 29.5 Å². The first-order valence-electron chi connectivity index (χ1n) is 7.40. The minimum Gasteiger partial charge on any atom is -0.385 e. The average Bonchev–Trinajstić information content (AvgIpc) is 2.39. The van der Waals surface area contributed by atoms with Crippen molar-refractivity contribution in [3.8, 4) is 0 Å². The molecule has 0 fully saturated rings. The second-order valence-corrected chi connectivity index (χ2v) is 6.60. The van der Waals surface area contributed by atoms with Gasteiger partial charge in [0, 0.05) is 28.4 Å².